The fraction of sp³-hybridized carbons (Fsp3) is 0.647. The summed E-state index contributed by atoms with van der Waals surface area (Å²) in [5.74, 6) is 0. The Balaban J connectivity index is 0.000000399. The van der Waals surface area contributed by atoms with Gasteiger partial charge in [-0.1, -0.05) is 56.5 Å². The van der Waals surface area contributed by atoms with Crippen molar-refractivity contribution in [1.29, 1.82) is 0 Å². The number of likely N-dealkylation sites (tertiary alicyclic amines) is 1. The van der Waals surface area contributed by atoms with Gasteiger partial charge in [-0.15, -0.1) is 0 Å². The molecule has 1 N–H and O–H groups in total. The SMILES string of the molecule is CCCC.Cc1cccc(C2(O)CCN(C)CC2)c1. The lowest BCUT2D eigenvalue weighted by Gasteiger charge is -2.37. The van der Waals surface area contributed by atoms with Crippen molar-refractivity contribution in [2.24, 2.45) is 0 Å². The van der Waals surface area contributed by atoms with Gasteiger partial charge < -0.3 is 10.0 Å². The van der Waals surface area contributed by atoms with Crippen molar-refractivity contribution in [3.63, 3.8) is 0 Å². The van der Waals surface area contributed by atoms with Crippen molar-refractivity contribution in [2.75, 3.05) is 20.1 Å². The quantitative estimate of drug-likeness (QED) is 0.879. The maximum Gasteiger partial charge on any atom is 0.0921 e. The predicted octanol–water partition coefficient (Wildman–Crippen LogP) is 3.71. The van der Waals surface area contributed by atoms with Crippen molar-refractivity contribution in [3.8, 4) is 0 Å². The van der Waals surface area contributed by atoms with Gasteiger partial charge in [0, 0.05) is 13.1 Å². The van der Waals surface area contributed by atoms with E-state index in [1.165, 1.54) is 18.4 Å². The van der Waals surface area contributed by atoms with Gasteiger partial charge in [0.25, 0.3) is 0 Å². The number of hydrogen-bond donors (Lipinski definition) is 1. The average molecular weight is 263 g/mol. The van der Waals surface area contributed by atoms with Crippen LogP contribution < -0.4 is 0 Å². The Morgan fingerprint density at radius 1 is 1.16 bits per heavy atom. The number of aliphatic hydroxyl groups is 1. The van der Waals surface area contributed by atoms with Gasteiger partial charge in [0.15, 0.2) is 0 Å². The highest BCUT2D eigenvalue weighted by molar-refractivity contribution is 5.28. The number of aryl methyl sites for hydroxylation is 1. The molecule has 0 spiro atoms. The zero-order valence-corrected chi connectivity index (χ0v) is 12.9. The number of nitrogens with zero attached hydrogens (tertiary/aromatic N) is 1. The van der Waals surface area contributed by atoms with E-state index in [2.05, 4.69) is 44.9 Å². The zero-order chi connectivity index (χ0) is 14.3. The third kappa shape index (κ3) is 4.96. The Morgan fingerprint density at radius 2 is 1.74 bits per heavy atom. The summed E-state index contributed by atoms with van der Waals surface area (Å²) in [5.41, 5.74) is 1.70. The van der Waals surface area contributed by atoms with Crippen LogP contribution in [0.25, 0.3) is 0 Å². The highest BCUT2D eigenvalue weighted by Crippen LogP contribution is 2.32. The van der Waals surface area contributed by atoms with Crippen LogP contribution in [0, 0.1) is 6.92 Å². The van der Waals surface area contributed by atoms with E-state index in [0.29, 0.717) is 0 Å². The van der Waals surface area contributed by atoms with E-state index in [4.69, 9.17) is 0 Å². The third-order valence-corrected chi connectivity index (χ3v) is 3.87. The minimum Gasteiger partial charge on any atom is -0.385 e. The van der Waals surface area contributed by atoms with Gasteiger partial charge in [-0.3, -0.25) is 0 Å². The second kappa shape index (κ2) is 7.66. The molecule has 0 atom stereocenters. The van der Waals surface area contributed by atoms with Crippen LogP contribution in [-0.4, -0.2) is 30.1 Å². The molecule has 0 unspecified atom stereocenters. The van der Waals surface area contributed by atoms with Crippen LogP contribution in [0.15, 0.2) is 24.3 Å². The van der Waals surface area contributed by atoms with Crippen molar-refractivity contribution in [3.05, 3.63) is 35.4 Å². The summed E-state index contributed by atoms with van der Waals surface area (Å²) in [6.45, 7) is 8.39. The van der Waals surface area contributed by atoms with Crippen LogP contribution in [0.5, 0.6) is 0 Å². The second-order valence-electron chi connectivity index (χ2n) is 5.70. The van der Waals surface area contributed by atoms with Crippen LogP contribution in [0.2, 0.25) is 0 Å². The molecule has 1 saturated heterocycles. The number of hydrogen-bond acceptors (Lipinski definition) is 2. The van der Waals surface area contributed by atoms with Gasteiger partial charge in [-0.25, -0.2) is 0 Å². The average Bonchev–Trinajstić information content (AvgIpc) is 2.43. The Kier molecular flexibility index (Phi) is 6.53. The molecule has 1 aliphatic heterocycles. The number of rotatable bonds is 2. The van der Waals surface area contributed by atoms with E-state index < -0.39 is 5.60 Å². The Morgan fingerprint density at radius 3 is 2.21 bits per heavy atom. The maximum atomic E-state index is 10.6. The van der Waals surface area contributed by atoms with E-state index in [1.807, 2.05) is 12.1 Å². The van der Waals surface area contributed by atoms with Crippen LogP contribution >= 0.6 is 0 Å². The van der Waals surface area contributed by atoms with E-state index >= 15 is 0 Å². The first kappa shape index (κ1) is 16.2. The molecular weight excluding hydrogens is 234 g/mol. The van der Waals surface area contributed by atoms with E-state index in [9.17, 15) is 5.11 Å². The molecule has 1 heterocycles. The molecule has 0 amide bonds. The lowest BCUT2D eigenvalue weighted by atomic mass is 9.84. The molecule has 2 heteroatoms. The van der Waals surface area contributed by atoms with E-state index in [1.54, 1.807) is 0 Å². The number of unbranched alkanes of at least 4 members (excludes halogenated alkanes) is 1. The van der Waals surface area contributed by atoms with Gasteiger partial charge in [0.05, 0.1) is 5.60 Å². The summed E-state index contributed by atoms with van der Waals surface area (Å²) in [6.07, 6.45) is 4.32. The topological polar surface area (TPSA) is 23.5 Å². The summed E-state index contributed by atoms with van der Waals surface area (Å²) in [5, 5.41) is 10.6. The number of benzene rings is 1. The first-order chi connectivity index (χ1) is 9.01. The summed E-state index contributed by atoms with van der Waals surface area (Å²) >= 11 is 0. The molecule has 0 aliphatic carbocycles. The van der Waals surface area contributed by atoms with Crippen LogP contribution in [0.3, 0.4) is 0 Å². The monoisotopic (exact) mass is 263 g/mol. The summed E-state index contributed by atoms with van der Waals surface area (Å²) < 4.78 is 0. The normalized spacial score (nSPS) is 18.6. The van der Waals surface area contributed by atoms with Crippen molar-refractivity contribution in [1.82, 2.24) is 4.90 Å². The van der Waals surface area contributed by atoms with Crippen LogP contribution in [-0.2, 0) is 5.60 Å². The minimum atomic E-state index is -0.599. The highest BCUT2D eigenvalue weighted by atomic mass is 16.3. The Labute approximate surface area is 118 Å². The molecule has 2 nitrogen and oxygen atoms in total. The van der Waals surface area contributed by atoms with Gasteiger partial charge in [-0.05, 0) is 32.4 Å². The molecule has 0 radical (unpaired) electrons. The molecule has 0 aromatic heterocycles. The van der Waals surface area contributed by atoms with Crippen molar-refractivity contribution in [2.45, 2.75) is 52.1 Å². The molecular formula is C17H29NO. The predicted molar refractivity (Wildman–Crippen MR) is 82.4 cm³/mol. The second-order valence-corrected chi connectivity index (χ2v) is 5.70. The molecule has 1 aliphatic rings. The van der Waals surface area contributed by atoms with E-state index in [-0.39, 0.29) is 0 Å². The first-order valence-corrected chi connectivity index (χ1v) is 7.50. The summed E-state index contributed by atoms with van der Waals surface area (Å²) in [6, 6.07) is 8.24. The largest absolute Gasteiger partial charge is 0.385 e. The molecule has 19 heavy (non-hydrogen) atoms. The van der Waals surface area contributed by atoms with Crippen molar-refractivity contribution < 1.29 is 5.11 Å². The van der Waals surface area contributed by atoms with Gasteiger partial charge >= 0.3 is 0 Å². The fourth-order valence-corrected chi connectivity index (χ4v) is 2.21. The number of piperidine rings is 1. The first-order valence-electron chi connectivity index (χ1n) is 7.50. The highest BCUT2D eigenvalue weighted by Gasteiger charge is 2.32. The van der Waals surface area contributed by atoms with Gasteiger partial charge in [0.1, 0.15) is 0 Å². The van der Waals surface area contributed by atoms with Gasteiger partial charge in [-0.2, -0.15) is 0 Å². The van der Waals surface area contributed by atoms with Crippen LogP contribution in [0.1, 0.15) is 50.7 Å². The molecule has 0 saturated carbocycles. The zero-order valence-electron chi connectivity index (χ0n) is 12.9. The molecule has 1 aromatic rings. The molecule has 2 rings (SSSR count). The standard InChI is InChI=1S/C13H19NO.C4H10/c1-11-4-3-5-12(10-11)13(15)6-8-14(2)9-7-13;1-3-4-2/h3-5,10,15H,6-9H2,1-2H3;3-4H2,1-2H3. The third-order valence-electron chi connectivity index (χ3n) is 3.87. The van der Waals surface area contributed by atoms with Crippen molar-refractivity contribution >= 4 is 0 Å². The Hall–Kier alpha value is -0.860. The molecule has 0 bridgehead atoms. The lowest BCUT2D eigenvalue weighted by Crippen LogP contribution is -2.40. The summed E-state index contributed by atoms with van der Waals surface area (Å²) in [4.78, 5) is 2.27. The smallest absolute Gasteiger partial charge is 0.0921 e. The molecule has 108 valence electrons. The molecule has 1 fully saturated rings. The summed E-state index contributed by atoms with van der Waals surface area (Å²) in [7, 11) is 2.11. The fourth-order valence-electron chi connectivity index (χ4n) is 2.21. The maximum absolute atomic E-state index is 10.6. The lowest BCUT2D eigenvalue weighted by molar-refractivity contribution is -0.0203. The van der Waals surface area contributed by atoms with E-state index in [0.717, 1.165) is 31.5 Å². The molecule has 1 aromatic carbocycles. The Bertz CT molecular complexity index is 365. The minimum absolute atomic E-state index is 0.599. The van der Waals surface area contributed by atoms with Crippen LogP contribution in [0.4, 0.5) is 0 Å². The van der Waals surface area contributed by atoms with Gasteiger partial charge in [0.2, 0.25) is 0 Å².